The van der Waals surface area contributed by atoms with E-state index in [9.17, 15) is 4.39 Å². The number of nitrogens with one attached hydrogen (secondary N) is 1. The largest absolute Gasteiger partial charge is 0.352 e. The van der Waals surface area contributed by atoms with E-state index in [1.165, 1.54) is 17.6 Å². The van der Waals surface area contributed by atoms with Crippen molar-refractivity contribution in [3.8, 4) is 0 Å². The van der Waals surface area contributed by atoms with Gasteiger partial charge in [-0.3, -0.25) is 0 Å². The predicted octanol–water partition coefficient (Wildman–Crippen LogP) is 2.50. The van der Waals surface area contributed by atoms with Crippen LogP contribution in [0.15, 0.2) is 18.2 Å². The Morgan fingerprint density at radius 2 is 2.27 bits per heavy atom. The van der Waals surface area contributed by atoms with E-state index in [1.54, 1.807) is 6.07 Å². The van der Waals surface area contributed by atoms with Crippen LogP contribution in [0.4, 0.5) is 10.1 Å². The Morgan fingerprint density at radius 3 is 2.91 bits per heavy atom. The summed E-state index contributed by atoms with van der Waals surface area (Å²) < 4.78 is 12.6. The molecule has 0 bridgehead atoms. The number of anilines is 1. The van der Waals surface area contributed by atoms with Crippen LogP contribution in [-0.4, -0.2) is 5.49 Å². The zero-order valence-electron chi connectivity index (χ0n) is 6.10. The summed E-state index contributed by atoms with van der Waals surface area (Å²) in [6.45, 7) is 1.89. The molecule has 0 spiro atoms. The molecule has 0 aromatic heterocycles. The van der Waals surface area contributed by atoms with Gasteiger partial charge in [-0.1, -0.05) is 18.3 Å². The van der Waals surface area contributed by atoms with Crippen molar-refractivity contribution in [2.24, 2.45) is 0 Å². The number of hydrogen-bond donors (Lipinski definition) is 1. The summed E-state index contributed by atoms with van der Waals surface area (Å²) in [7, 11) is 0. The Morgan fingerprint density at radius 1 is 1.55 bits per heavy atom. The molecule has 58 valence electrons. The lowest BCUT2D eigenvalue weighted by Gasteiger charge is -2.02. The van der Waals surface area contributed by atoms with Gasteiger partial charge in [0.15, 0.2) is 0 Å². The fourth-order valence-corrected chi connectivity index (χ4v) is 0.940. The third-order valence-electron chi connectivity index (χ3n) is 1.41. The Bertz CT molecular complexity index is 273. The molecule has 0 saturated heterocycles. The number of thiocarbonyl (C=S) groups is 1. The smallest absolute Gasteiger partial charge is 0.125 e. The number of hydrogen-bond acceptors (Lipinski definition) is 1. The van der Waals surface area contributed by atoms with E-state index >= 15 is 0 Å². The molecular formula is C8H8FNS. The van der Waals surface area contributed by atoms with E-state index in [4.69, 9.17) is 0 Å². The van der Waals surface area contributed by atoms with E-state index in [2.05, 4.69) is 17.5 Å². The molecule has 1 rings (SSSR count). The summed E-state index contributed by atoms with van der Waals surface area (Å²) >= 11 is 4.58. The van der Waals surface area contributed by atoms with Crippen LogP contribution in [0, 0.1) is 12.7 Å². The maximum absolute atomic E-state index is 12.6. The molecule has 11 heavy (non-hydrogen) atoms. The van der Waals surface area contributed by atoms with Gasteiger partial charge in [-0.05, 0) is 24.6 Å². The van der Waals surface area contributed by atoms with Gasteiger partial charge < -0.3 is 5.32 Å². The van der Waals surface area contributed by atoms with E-state index in [-0.39, 0.29) is 5.82 Å². The van der Waals surface area contributed by atoms with Crippen molar-refractivity contribution in [1.82, 2.24) is 0 Å². The normalized spacial score (nSPS) is 9.27. The molecule has 0 saturated carbocycles. The summed E-state index contributed by atoms with van der Waals surface area (Å²) in [5, 5.41) is 2.77. The van der Waals surface area contributed by atoms with Crippen molar-refractivity contribution < 1.29 is 4.39 Å². The molecule has 1 nitrogen and oxygen atoms in total. The van der Waals surface area contributed by atoms with Crippen LogP contribution in [0.3, 0.4) is 0 Å². The van der Waals surface area contributed by atoms with Gasteiger partial charge in [0.25, 0.3) is 0 Å². The van der Waals surface area contributed by atoms with Crippen molar-refractivity contribution in [3.63, 3.8) is 0 Å². The molecular weight excluding hydrogens is 161 g/mol. The molecule has 0 unspecified atom stereocenters. The van der Waals surface area contributed by atoms with Crippen molar-refractivity contribution in [2.45, 2.75) is 6.92 Å². The molecule has 0 radical (unpaired) electrons. The van der Waals surface area contributed by atoms with E-state index in [0.29, 0.717) is 0 Å². The van der Waals surface area contributed by atoms with E-state index < -0.39 is 0 Å². The number of benzene rings is 1. The zero-order chi connectivity index (χ0) is 8.27. The van der Waals surface area contributed by atoms with Gasteiger partial charge in [-0.2, -0.15) is 0 Å². The fourth-order valence-electron chi connectivity index (χ4n) is 0.813. The molecule has 0 aliphatic heterocycles. The molecule has 0 heterocycles. The predicted molar refractivity (Wildman–Crippen MR) is 48.4 cm³/mol. The lowest BCUT2D eigenvalue weighted by Crippen LogP contribution is -1.95. The quantitative estimate of drug-likeness (QED) is 0.683. The lowest BCUT2D eigenvalue weighted by molar-refractivity contribution is 0.628. The van der Waals surface area contributed by atoms with Crippen LogP contribution in [-0.2, 0) is 0 Å². The third kappa shape index (κ3) is 1.98. The SMILES string of the molecule is Cc1ccc(F)cc1NC=S. The van der Waals surface area contributed by atoms with Crippen LogP contribution >= 0.6 is 12.2 Å². The van der Waals surface area contributed by atoms with Gasteiger partial charge in [0.05, 0.1) is 5.49 Å². The first-order valence-electron chi connectivity index (χ1n) is 3.20. The standard InChI is InChI=1S/C8H8FNS/c1-6-2-3-7(9)4-8(6)10-5-11/h2-5H,1H3,(H,10,11). The molecule has 0 atom stereocenters. The molecule has 0 amide bonds. The molecule has 1 aromatic carbocycles. The lowest BCUT2D eigenvalue weighted by atomic mass is 10.2. The van der Waals surface area contributed by atoms with Crippen molar-refractivity contribution in [3.05, 3.63) is 29.6 Å². The third-order valence-corrected chi connectivity index (χ3v) is 1.53. The Balaban J connectivity index is 3.01. The fraction of sp³-hybridized carbons (Fsp3) is 0.125. The summed E-state index contributed by atoms with van der Waals surface area (Å²) in [5.74, 6) is -0.255. The highest BCUT2D eigenvalue weighted by molar-refractivity contribution is 7.79. The molecule has 3 heteroatoms. The maximum atomic E-state index is 12.6. The first-order chi connectivity index (χ1) is 5.24. The number of halogens is 1. The summed E-state index contributed by atoms with van der Waals surface area (Å²) in [5.41, 5.74) is 3.06. The summed E-state index contributed by atoms with van der Waals surface area (Å²) in [6.07, 6.45) is 0. The van der Waals surface area contributed by atoms with Crippen molar-refractivity contribution in [1.29, 1.82) is 0 Å². The molecule has 1 aromatic rings. The second kappa shape index (κ2) is 3.44. The van der Waals surface area contributed by atoms with Gasteiger partial charge in [0, 0.05) is 5.69 Å². The van der Waals surface area contributed by atoms with Crippen molar-refractivity contribution >= 4 is 23.4 Å². The van der Waals surface area contributed by atoms with Crippen LogP contribution in [0.5, 0.6) is 0 Å². The minimum absolute atomic E-state index is 0.255. The molecule has 1 N–H and O–H groups in total. The topological polar surface area (TPSA) is 12.0 Å². The first kappa shape index (κ1) is 8.14. The van der Waals surface area contributed by atoms with Gasteiger partial charge >= 0.3 is 0 Å². The van der Waals surface area contributed by atoms with Crippen LogP contribution in [0.25, 0.3) is 0 Å². The van der Waals surface area contributed by atoms with Crippen LogP contribution in [0.2, 0.25) is 0 Å². The number of rotatable bonds is 2. The van der Waals surface area contributed by atoms with Gasteiger partial charge in [-0.15, -0.1) is 0 Å². The van der Waals surface area contributed by atoms with Gasteiger partial charge in [-0.25, -0.2) is 4.39 Å². The minimum Gasteiger partial charge on any atom is -0.352 e. The monoisotopic (exact) mass is 169 g/mol. The van der Waals surface area contributed by atoms with Crippen LogP contribution < -0.4 is 5.32 Å². The van der Waals surface area contributed by atoms with Crippen LogP contribution in [0.1, 0.15) is 5.56 Å². The second-order valence-electron chi connectivity index (χ2n) is 2.22. The maximum Gasteiger partial charge on any atom is 0.125 e. The molecule has 0 fully saturated rings. The number of aryl methyl sites for hydroxylation is 1. The highest BCUT2D eigenvalue weighted by Crippen LogP contribution is 2.14. The highest BCUT2D eigenvalue weighted by atomic mass is 32.1. The second-order valence-corrected chi connectivity index (χ2v) is 2.46. The summed E-state index contributed by atoms with van der Waals surface area (Å²) in [6, 6.07) is 4.54. The zero-order valence-corrected chi connectivity index (χ0v) is 6.91. The van der Waals surface area contributed by atoms with Gasteiger partial charge in [0.1, 0.15) is 5.82 Å². The first-order valence-corrected chi connectivity index (χ1v) is 3.67. The average molecular weight is 169 g/mol. The van der Waals surface area contributed by atoms with E-state index in [0.717, 1.165) is 11.3 Å². The Hall–Kier alpha value is -0.960. The average Bonchev–Trinajstić information content (AvgIpc) is 1.98. The Labute approximate surface area is 70.2 Å². The van der Waals surface area contributed by atoms with Gasteiger partial charge in [0.2, 0.25) is 0 Å². The minimum atomic E-state index is -0.255. The van der Waals surface area contributed by atoms with Crippen molar-refractivity contribution in [2.75, 3.05) is 5.32 Å². The van der Waals surface area contributed by atoms with E-state index in [1.807, 2.05) is 6.92 Å². The molecule has 0 aliphatic rings. The highest BCUT2D eigenvalue weighted by Gasteiger charge is 1.96. The molecule has 0 aliphatic carbocycles. The summed E-state index contributed by atoms with van der Waals surface area (Å²) in [4.78, 5) is 0. The Kier molecular flexibility index (Phi) is 2.54.